The minimum absolute atomic E-state index is 0. The lowest BCUT2D eigenvalue weighted by atomic mass is 10.0. The molecule has 0 aliphatic carbocycles. The Bertz CT molecular complexity index is 226. The summed E-state index contributed by atoms with van der Waals surface area (Å²) in [5, 5.41) is 0. The molecule has 0 saturated carbocycles. The minimum Gasteiger partial charge on any atom is -1.00 e. The van der Waals surface area contributed by atoms with Gasteiger partial charge in [0.1, 0.15) is 7.05 Å². The van der Waals surface area contributed by atoms with Crippen LogP contribution < -0.4 is 12.4 Å². The van der Waals surface area contributed by atoms with Gasteiger partial charge in [-0.25, -0.2) is 4.58 Å². The molecule has 0 atom stereocenters. The van der Waals surface area contributed by atoms with Crippen molar-refractivity contribution in [3.8, 4) is 0 Å². The fraction of sp³-hybridized carbons (Fsp3) is 0.444. The molecule has 0 N–H and O–H groups in total. The number of nitrogens with zero attached hydrogens (tertiary/aromatic N) is 1. The third kappa shape index (κ3) is 2.19. The van der Waals surface area contributed by atoms with E-state index in [1.165, 1.54) is 16.9 Å². The molecule has 1 aliphatic rings. The van der Waals surface area contributed by atoms with Gasteiger partial charge in [0.15, 0.2) is 12.3 Å². The third-order valence-electron chi connectivity index (χ3n) is 2.01. The van der Waals surface area contributed by atoms with Crippen LogP contribution in [-0.2, 0) is 0 Å². The summed E-state index contributed by atoms with van der Waals surface area (Å²) in [7, 11) is 2.07. The van der Waals surface area contributed by atoms with Crippen molar-refractivity contribution in [3.05, 3.63) is 24.3 Å². The van der Waals surface area contributed by atoms with E-state index in [9.17, 15) is 0 Å². The van der Waals surface area contributed by atoms with E-state index in [1.807, 2.05) is 0 Å². The average Bonchev–Trinajstić information content (AvgIpc) is 1.82. The number of hydrogen-bond donors (Lipinski definition) is 0. The van der Waals surface area contributed by atoms with E-state index >= 15 is 0 Å². The van der Waals surface area contributed by atoms with E-state index in [4.69, 9.17) is 0 Å². The number of hydrogen-bond acceptors (Lipinski definition) is 0. The smallest absolute Gasteiger partial charge is 0.175 e. The van der Waals surface area contributed by atoms with Gasteiger partial charge in [-0.1, -0.05) is 13.2 Å². The molecule has 11 heavy (non-hydrogen) atoms. The van der Waals surface area contributed by atoms with Crippen molar-refractivity contribution in [2.45, 2.75) is 13.3 Å². The molecule has 1 heterocycles. The molecule has 0 amide bonds. The van der Waals surface area contributed by atoms with Crippen molar-refractivity contribution in [1.29, 1.82) is 0 Å². The maximum Gasteiger partial charge on any atom is 0.175 e. The second kappa shape index (κ2) is 3.72. The van der Waals surface area contributed by atoms with Crippen molar-refractivity contribution >= 4 is 5.71 Å². The average molecular weight is 172 g/mol. The Kier molecular flexibility index (Phi) is 3.53. The standard InChI is InChI=1S/C9H14N.ClH/c1-7-5-8(2)9(3)10(4)6-7;/h1-2,5-6H2,3-4H3;1H/q+1;/p-1. The highest BCUT2D eigenvalue weighted by atomic mass is 35.5. The molecular weight excluding hydrogens is 158 g/mol. The molecule has 0 unspecified atom stereocenters. The summed E-state index contributed by atoms with van der Waals surface area (Å²) in [6, 6.07) is 0. The van der Waals surface area contributed by atoms with Crippen LogP contribution in [0.25, 0.3) is 0 Å². The molecule has 0 bridgehead atoms. The highest BCUT2D eigenvalue weighted by Crippen LogP contribution is 2.14. The van der Waals surface area contributed by atoms with Gasteiger partial charge in [0.25, 0.3) is 0 Å². The molecule has 1 aliphatic heterocycles. The van der Waals surface area contributed by atoms with E-state index in [2.05, 4.69) is 31.7 Å². The maximum absolute atomic E-state index is 3.96. The Morgan fingerprint density at radius 3 is 2.36 bits per heavy atom. The van der Waals surface area contributed by atoms with Gasteiger partial charge in [0.05, 0.1) is 0 Å². The summed E-state index contributed by atoms with van der Waals surface area (Å²) in [5.74, 6) is 0. The van der Waals surface area contributed by atoms with Crippen molar-refractivity contribution in [2.24, 2.45) is 0 Å². The second-order valence-corrected chi connectivity index (χ2v) is 2.97. The topological polar surface area (TPSA) is 3.01 Å². The molecule has 0 aromatic carbocycles. The monoisotopic (exact) mass is 171 g/mol. The lowest BCUT2D eigenvalue weighted by Crippen LogP contribution is -3.00. The molecule has 0 aromatic rings. The van der Waals surface area contributed by atoms with Crippen molar-refractivity contribution in [2.75, 3.05) is 13.6 Å². The summed E-state index contributed by atoms with van der Waals surface area (Å²) in [5.41, 5.74) is 3.77. The number of allylic oxidation sites excluding steroid dienone is 1. The van der Waals surface area contributed by atoms with Gasteiger partial charge >= 0.3 is 0 Å². The molecule has 0 radical (unpaired) electrons. The van der Waals surface area contributed by atoms with Crippen LogP contribution in [-0.4, -0.2) is 23.9 Å². The number of likely N-dealkylation sites (N-methyl/N-ethyl adjacent to an activating group) is 1. The van der Waals surface area contributed by atoms with Gasteiger partial charge in [-0.15, -0.1) is 0 Å². The zero-order valence-corrected chi connectivity index (χ0v) is 7.91. The van der Waals surface area contributed by atoms with Crippen LogP contribution in [0, 0.1) is 0 Å². The van der Waals surface area contributed by atoms with Crippen LogP contribution >= 0.6 is 0 Å². The Morgan fingerprint density at radius 2 is 1.91 bits per heavy atom. The first-order chi connectivity index (χ1) is 4.61. The van der Waals surface area contributed by atoms with E-state index < -0.39 is 0 Å². The predicted molar refractivity (Wildman–Crippen MR) is 44.6 cm³/mol. The van der Waals surface area contributed by atoms with Crippen LogP contribution in [0.2, 0.25) is 0 Å². The van der Waals surface area contributed by atoms with Crippen LogP contribution in [0.15, 0.2) is 24.3 Å². The van der Waals surface area contributed by atoms with Crippen LogP contribution in [0.3, 0.4) is 0 Å². The lowest BCUT2D eigenvalue weighted by molar-refractivity contribution is -0.490. The van der Waals surface area contributed by atoms with Gasteiger partial charge in [0.2, 0.25) is 0 Å². The Balaban J connectivity index is 0.000001000. The van der Waals surface area contributed by atoms with Crippen LogP contribution in [0.5, 0.6) is 0 Å². The van der Waals surface area contributed by atoms with E-state index in [0.717, 1.165) is 13.0 Å². The fourth-order valence-corrected chi connectivity index (χ4v) is 1.21. The zero-order valence-electron chi connectivity index (χ0n) is 7.15. The third-order valence-corrected chi connectivity index (χ3v) is 2.01. The van der Waals surface area contributed by atoms with Gasteiger partial charge < -0.3 is 12.4 Å². The molecule has 0 fully saturated rings. The van der Waals surface area contributed by atoms with Crippen molar-refractivity contribution < 1.29 is 17.0 Å². The molecule has 1 nitrogen and oxygen atoms in total. The van der Waals surface area contributed by atoms with Gasteiger partial charge in [-0.2, -0.15) is 0 Å². The lowest BCUT2D eigenvalue weighted by Gasteiger charge is -2.13. The summed E-state index contributed by atoms with van der Waals surface area (Å²) in [6.45, 7) is 11.0. The van der Waals surface area contributed by atoms with Crippen LogP contribution in [0.4, 0.5) is 0 Å². The summed E-state index contributed by atoms with van der Waals surface area (Å²) in [4.78, 5) is 0. The largest absolute Gasteiger partial charge is 1.00 e. The molecule has 1 rings (SSSR count). The Hall–Kier alpha value is -0.560. The SMILES string of the molecule is C=C1CC(=C)C(C)=[N+](C)C1.[Cl-]. The van der Waals surface area contributed by atoms with E-state index in [0.29, 0.717) is 0 Å². The first-order valence-corrected chi connectivity index (χ1v) is 3.50. The summed E-state index contributed by atoms with van der Waals surface area (Å²) < 4.78 is 2.19. The Labute approximate surface area is 74.5 Å². The highest BCUT2D eigenvalue weighted by Gasteiger charge is 2.17. The first kappa shape index (κ1) is 10.4. The quantitative estimate of drug-likeness (QED) is 0.312. The molecule has 0 saturated heterocycles. The van der Waals surface area contributed by atoms with Gasteiger partial charge in [-0.3, -0.25) is 0 Å². The molecule has 0 aromatic heterocycles. The highest BCUT2D eigenvalue weighted by molar-refractivity contribution is 5.94. The normalized spacial score (nSPS) is 18.4. The van der Waals surface area contributed by atoms with Gasteiger partial charge in [-0.05, 0) is 5.57 Å². The summed E-state index contributed by atoms with van der Waals surface area (Å²) >= 11 is 0. The minimum atomic E-state index is 0. The van der Waals surface area contributed by atoms with Crippen molar-refractivity contribution in [3.63, 3.8) is 0 Å². The van der Waals surface area contributed by atoms with E-state index in [-0.39, 0.29) is 12.4 Å². The van der Waals surface area contributed by atoms with Crippen molar-refractivity contribution in [1.82, 2.24) is 0 Å². The van der Waals surface area contributed by atoms with E-state index in [1.54, 1.807) is 0 Å². The molecule has 0 spiro atoms. The summed E-state index contributed by atoms with van der Waals surface area (Å²) in [6.07, 6.45) is 0.982. The maximum atomic E-state index is 3.96. The Morgan fingerprint density at radius 1 is 1.36 bits per heavy atom. The predicted octanol–water partition coefficient (Wildman–Crippen LogP) is -1.39. The molecule has 2 heteroatoms. The number of halogens is 1. The second-order valence-electron chi connectivity index (χ2n) is 2.97. The molecule has 62 valence electrons. The molecular formula is C9H14ClN. The zero-order chi connectivity index (χ0) is 7.72. The van der Waals surface area contributed by atoms with Crippen LogP contribution in [0.1, 0.15) is 13.3 Å². The first-order valence-electron chi connectivity index (χ1n) is 3.50. The fourth-order valence-electron chi connectivity index (χ4n) is 1.21. The van der Waals surface area contributed by atoms with Gasteiger partial charge in [0, 0.05) is 18.9 Å². The number of rotatable bonds is 0.